The minimum atomic E-state index is 0.698. The minimum absolute atomic E-state index is 0.698. The summed E-state index contributed by atoms with van der Waals surface area (Å²) in [5.41, 5.74) is 3.25. The lowest BCUT2D eigenvalue weighted by atomic mass is 9.86. The van der Waals surface area contributed by atoms with Gasteiger partial charge in [0.1, 0.15) is 0 Å². The zero-order chi connectivity index (χ0) is 14.1. The lowest BCUT2D eigenvalue weighted by molar-refractivity contribution is 0.131. The van der Waals surface area contributed by atoms with Crippen LogP contribution in [0.3, 0.4) is 0 Å². The Morgan fingerprint density at radius 1 is 1.05 bits per heavy atom. The molecule has 1 N–H and O–H groups in total. The van der Waals surface area contributed by atoms with Gasteiger partial charge in [-0.05, 0) is 75.1 Å². The van der Waals surface area contributed by atoms with Gasteiger partial charge in [0.15, 0.2) is 0 Å². The Balaban J connectivity index is 1.54. The molecule has 0 bridgehead atoms. The van der Waals surface area contributed by atoms with E-state index < -0.39 is 0 Å². The summed E-state index contributed by atoms with van der Waals surface area (Å²) in [6, 6.07) is 10.8. The highest BCUT2D eigenvalue weighted by Crippen LogP contribution is 2.41. The van der Waals surface area contributed by atoms with Crippen molar-refractivity contribution >= 4 is 0 Å². The number of benzene rings is 1. The first-order chi connectivity index (χ1) is 10.4. The van der Waals surface area contributed by atoms with Gasteiger partial charge in [0.2, 0.25) is 0 Å². The zero-order valence-electron chi connectivity index (χ0n) is 13.1. The van der Waals surface area contributed by atoms with Gasteiger partial charge >= 0.3 is 0 Å². The van der Waals surface area contributed by atoms with E-state index in [1.165, 1.54) is 64.6 Å². The summed E-state index contributed by atoms with van der Waals surface area (Å²) < 4.78 is 0. The largest absolute Gasteiger partial charge is 0.316 e. The molecule has 21 heavy (non-hydrogen) atoms. The molecule has 2 heteroatoms. The van der Waals surface area contributed by atoms with Gasteiger partial charge in [0.25, 0.3) is 0 Å². The van der Waals surface area contributed by atoms with E-state index >= 15 is 0 Å². The Hall–Kier alpha value is -0.860. The summed E-state index contributed by atoms with van der Waals surface area (Å²) in [4.78, 5) is 2.88. The summed E-state index contributed by atoms with van der Waals surface area (Å²) in [5, 5.41) is 3.59. The minimum Gasteiger partial charge on any atom is -0.316 e. The number of nitrogens with zero attached hydrogens (tertiary/aromatic N) is 1. The van der Waals surface area contributed by atoms with Crippen molar-refractivity contribution in [3.8, 4) is 0 Å². The fraction of sp³-hybridized carbons (Fsp3) is 0.684. The monoisotopic (exact) mass is 284 g/mol. The van der Waals surface area contributed by atoms with Crippen LogP contribution in [0.4, 0.5) is 0 Å². The number of nitrogens with one attached hydrogen (secondary N) is 1. The van der Waals surface area contributed by atoms with Crippen molar-refractivity contribution in [3.63, 3.8) is 0 Å². The molecular formula is C19H28N2. The van der Waals surface area contributed by atoms with Crippen molar-refractivity contribution in [2.45, 2.75) is 57.0 Å². The Kier molecular flexibility index (Phi) is 4.00. The number of hydrogen-bond donors (Lipinski definition) is 1. The summed E-state index contributed by atoms with van der Waals surface area (Å²) in [6.07, 6.45) is 9.67. The number of hydrogen-bond acceptors (Lipinski definition) is 2. The van der Waals surface area contributed by atoms with Crippen LogP contribution >= 0.6 is 0 Å². The van der Waals surface area contributed by atoms with Crippen LogP contribution in [-0.2, 0) is 6.42 Å². The SMILES string of the molecule is c1ccc2c(c1)CCCC2N(CC1CCCNC1)C1CC1. The van der Waals surface area contributed by atoms with Crippen molar-refractivity contribution in [2.75, 3.05) is 19.6 Å². The molecule has 4 rings (SSSR count). The normalized spacial score (nSPS) is 29.4. The second kappa shape index (κ2) is 6.10. The molecule has 0 aromatic heterocycles. The van der Waals surface area contributed by atoms with Crippen LogP contribution in [0.1, 0.15) is 55.7 Å². The number of fused-ring (bicyclic) bond motifs is 1. The predicted molar refractivity (Wildman–Crippen MR) is 87.4 cm³/mol. The third kappa shape index (κ3) is 3.02. The van der Waals surface area contributed by atoms with E-state index in [0.29, 0.717) is 6.04 Å². The number of rotatable bonds is 4. The average Bonchev–Trinajstić information content (AvgIpc) is 3.38. The Bertz CT molecular complexity index is 474. The van der Waals surface area contributed by atoms with Gasteiger partial charge in [-0.2, -0.15) is 0 Å². The number of piperidine rings is 1. The van der Waals surface area contributed by atoms with Gasteiger partial charge in [0, 0.05) is 18.6 Å². The Morgan fingerprint density at radius 3 is 2.76 bits per heavy atom. The molecule has 3 aliphatic rings. The van der Waals surface area contributed by atoms with Gasteiger partial charge in [-0.1, -0.05) is 24.3 Å². The van der Waals surface area contributed by atoms with E-state index in [-0.39, 0.29) is 0 Å². The molecule has 2 unspecified atom stereocenters. The van der Waals surface area contributed by atoms with E-state index in [1.54, 1.807) is 11.1 Å². The van der Waals surface area contributed by atoms with Crippen LogP contribution < -0.4 is 5.32 Å². The molecule has 0 spiro atoms. The third-order valence-corrected chi connectivity index (χ3v) is 5.62. The second-order valence-electron chi connectivity index (χ2n) is 7.25. The molecule has 2 aliphatic carbocycles. The van der Waals surface area contributed by atoms with E-state index in [9.17, 15) is 0 Å². The Labute approximate surface area is 128 Å². The average molecular weight is 284 g/mol. The molecule has 1 heterocycles. The summed E-state index contributed by atoms with van der Waals surface area (Å²) in [6.45, 7) is 3.78. The van der Waals surface area contributed by atoms with Crippen molar-refractivity contribution in [1.29, 1.82) is 0 Å². The molecule has 1 saturated carbocycles. The molecule has 1 aromatic rings. The van der Waals surface area contributed by atoms with Crippen LogP contribution in [-0.4, -0.2) is 30.6 Å². The van der Waals surface area contributed by atoms with Gasteiger partial charge in [-0.15, -0.1) is 0 Å². The molecule has 2 nitrogen and oxygen atoms in total. The van der Waals surface area contributed by atoms with Crippen molar-refractivity contribution < 1.29 is 0 Å². The maximum atomic E-state index is 3.59. The van der Waals surface area contributed by atoms with E-state index in [2.05, 4.69) is 34.5 Å². The highest BCUT2D eigenvalue weighted by Gasteiger charge is 2.37. The second-order valence-corrected chi connectivity index (χ2v) is 7.25. The van der Waals surface area contributed by atoms with Crippen molar-refractivity contribution in [3.05, 3.63) is 35.4 Å². The van der Waals surface area contributed by atoms with E-state index in [4.69, 9.17) is 0 Å². The van der Waals surface area contributed by atoms with Gasteiger partial charge < -0.3 is 5.32 Å². The van der Waals surface area contributed by atoms with Crippen molar-refractivity contribution in [1.82, 2.24) is 10.2 Å². The Morgan fingerprint density at radius 2 is 1.95 bits per heavy atom. The van der Waals surface area contributed by atoms with E-state index in [0.717, 1.165) is 12.0 Å². The zero-order valence-corrected chi connectivity index (χ0v) is 13.1. The number of aryl methyl sites for hydroxylation is 1. The molecule has 1 saturated heterocycles. The molecule has 2 atom stereocenters. The highest BCUT2D eigenvalue weighted by molar-refractivity contribution is 5.32. The quantitative estimate of drug-likeness (QED) is 0.910. The van der Waals surface area contributed by atoms with Crippen LogP contribution in [0, 0.1) is 5.92 Å². The molecule has 0 amide bonds. The fourth-order valence-electron chi connectivity index (χ4n) is 4.39. The third-order valence-electron chi connectivity index (χ3n) is 5.62. The fourth-order valence-corrected chi connectivity index (χ4v) is 4.39. The van der Waals surface area contributed by atoms with Crippen LogP contribution in [0.15, 0.2) is 24.3 Å². The first-order valence-corrected chi connectivity index (χ1v) is 8.96. The summed E-state index contributed by atoms with van der Waals surface area (Å²) in [5.74, 6) is 0.869. The van der Waals surface area contributed by atoms with Gasteiger partial charge in [-0.25, -0.2) is 0 Å². The maximum absolute atomic E-state index is 3.59. The van der Waals surface area contributed by atoms with Crippen LogP contribution in [0.25, 0.3) is 0 Å². The van der Waals surface area contributed by atoms with Gasteiger partial charge in [0.05, 0.1) is 0 Å². The highest BCUT2D eigenvalue weighted by atomic mass is 15.2. The lowest BCUT2D eigenvalue weighted by Gasteiger charge is -2.39. The van der Waals surface area contributed by atoms with Crippen LogP contribution in [0.2, 0.25) is 0 Å². The van der Waals surface area contributed by atoms with Crippen LogP contribution in [0.5, 0.6) is 0 Å². The topological polar surface area (TPSA) is 15.3 Å². The molecule has 1 aliphatic heterocycles. The summed E-state index contributed by atoms with van der Waals surface area (Å²) >= 11 is 0. The smallest absolute Gasteiger partial charge is 0.0354 e. The van der Waals surface area contributed by atoms with E-state index in [1.807, 2.05) is 0 Å². The lowest BCUT2D eigenvalue weighted by Crippen LogP contribution is -2.41. The first kappa shape index (κ1) is 13.8. The molecule has 114 valence electrons. The standard InChI is InChI=1S/C19H28N2/c1-2-8-18-16(6-1)7-3-9-19(18)21(17-10-11-17)14-15-5-4-12-20-13-15/h1-2,6,8,15,17,19-20H,3-5,7,9-14H2. The molecule has 0 radical (unpaired) electrons. The predicted octanol–water partition coefficient (Wildman–Crippen LogP) is 3.53. The summed E-state index contributed by atoms with van der Waals surface area (Å²) in [7, 11) is 0. The first-order valence-electron chi connectivity index (χ1n) is 8.96. The van der Waals surface area contributed by atoms with Crippen molar-refractivity contribution in [2.24, 2.45) is 5.92 Å². The molecule has 2 fully saturated rings. The van der Waals surface area contributed by atoms with Gasteiger partial charge in [-0.3, -0.25) is 4.90 Å². The molecule has 1 aromatic carbocycles. The molecular weight excluding hydrogens is 256 g/mol. The maximum Gasteiger partial charge on any atom is 0.0354 e.